The fraction of sp³-hybridized carbons (Fsp3) is 0.760. The highest BCUT2D eigenvalue weighted by Gasteiger charge is 2.36. The van der Waals surface area contributed by atoms with E-state index in [1.807, 2.05) is 27.7 Å². The second-order valence-electron chi connectivity index (χ2n) is 9.45. The van der Waals surface area contributed by atoms with Crippen molar-refractivity contribution in [1.82, 2.24) is 15.1 Å². The van der Waals surface area contributed by atoms with Crippen molar-refractivity contribution in [3.05, 3.63) is 12.2 Å². The molecule has 0 saturated carbocycles. The van der Waals surface area contributed by atoms with Crippen LogP contribution in [0.15, 0.2) is 12.2 Å². The molecule has 9 heteroatoms. The molecule has 4 atom stereocenters. The first kappa shape index (κ1) is 29.8. The zero-order chi connectivity index (χ0) is 25.8. The third-order valence-corrected chi connectivity index (χ3v) is 6.59. The highest BCUT2D eigenvalue weighted by atomic mass is 16.5. The van der Waals surface area contributed by atoms with Crippen LogP contribution in [0.25, 0.3) is 0 Å². The normalized spacial score (nSPS) is 17.2. The molecule has 0 spiro atoms. The molecule has 0 bridgehead atoms. The zero-order valence-corrected chi connectivity index (χ0v) is 21.6. The van der Waals surface area contributed by atoms with E-state index < -0.39 is 12.1 Å². The van der Waals surface area contributed by atoms with Gasteiger partial charge in [0.05, 0.1) is 24.6 Å². The van der Waals surface area contributed by atoms with Crippen LogP contribution in [0.5, 0.6) is 0 Å². The minimum atomic E-state index is -0.950. The van der Waals surface area contributed by atoms with Gasteiger partial charge in [-0.25, -0.2) is 0 Å². The number of methoxy groups -OCH3 is 1. The summed E-state index contributed by atoms with van der Waals surface area (Å²) in [6.07, 6.45) is 6.09. The number of hydrogen-bond acceptors (Lipinski definition) is 6. The summed E-state index contributed by atoms with van der Waals surface area (Å²) in [5.41, 5.74) is 0. The number of carbonyl (C=O) groups is 4. The van der Waals surface area contributed by atoms with Crippen molar-refractivity contribution in [2.75, 3.05) is 27.2 Å². The molecule has 3 amide bonds. The lowest BCUT2D eigenvalue weighted by Gasteiger charge is -2.39. The molecule has 0 aromatic heterocycles. The Morgan fingerprint density at radius 1 is 1.09 bits per heavy atom. The van der Waals surface area contributed by atoms with E-state index in [0.717, 1.165) is 32.1 Å². The first-order valence-corrected chi connectivity index (χ1v) is 12.3. The van der Waals surface area contributed by atoms with Gasteiger partial charge in [-0.05, 0) is 31.2 Å². The Morgan fingerprint density at radius 3 is 2.18 bits per heavy atom. The standard InChI is InChI=1S/C25H43N3O6/c1-7-18(4)24(19(34-6)16-22(31)32)27(5)25(33)23(17(2)3)26-14-10-8-9-11-15-28-20(29)12-13-21(28)30/h12-13,17-19,23-24,26H,7-11,14-16H2,1-6H3,(H,31,32). The number of rotatable bonds is 17. The van der Waals surface area contributed by atoms with Crippen LogP contribution in [0.1, 0.15) is 66.2 Å². The topological polar surface area (TPSA) is 116 Å². The van der Waals surface area contributed by atoms with Gasteiger partial charge in [-0.2, -0.15) is 0 Å². The van der Waals surface area contributed by atoms with Crippen LogP contribution in [0.3, 0.4) is 0 Å². The van der Waals surface area contributed by atoms with Crippen LogP contribution in [-0.4, -0.2) is 84.0 Å². The van der Waals surface area contributed by atoms with E-state index >= 15 is 0 Å². The van der Waals surface area contributed by atoms with Crippen LogP contribution in [-0.2, 0) is 23.9 Å². The van der Waals surface area contributed by atoms with Crippen LogP contribution in [0, 0.1) is 11.8 Å². The number of likely N-dealkylation sites (N-methyl/N-ethyl adjacent to an activating group) is 1. The Morgan fingerprint density at radius 2 is 1.68 bits per heavy atom. The number of aliphatic carboxylic acids is 1. The van der Waals surface area contributed by atoms with E-state index in [1.165, 1.54) is 24.2 Å². The average molecular weight is 482 g/mol. The fourth-order valence-electron chi connectivity index (χ4n) is 4.39. The molecule has 1 heterocycles. The van der Waals surface area contributed by atoms with Gasteiger partial charge in [0.2, 0.25) is 5.91 Å². The Labute approximate surface area is 203 Å². The lowest BCUT2D eigenvalue weighted by molar-refractivity contribution is -0.147. The zero-order valence-electron chi connectivity index (χ0n) is 21.6. The molecular formula is C25H43N3O6. The van der Waals surface area contributed by atoms with E-state index in [2.05, 4.69) is 5.32 Å². The van der Waals surface area contributed by atoms with E-state index in [0.29, 0.717) is 13.1 Å². The summed E-state index contributed by atoms with van der Waals surface area (Å²) in [5.74, 6) is -1.36. The summed E-state index contributed by atoms with van der Waals surface area (Å²) in [4.78, 5) is 50.8. The van der Waals surface area contributed by atoms with Crippen molar-refractivity contribution in [3.63, 3.8) is 0 Å². The molecule has 0 aliphatic carbocycles. The maximum absolute atomic E-state index is 13.4. The molecule has 1 aliphatic heterocycles. The summed E-state index contributed by atoms with van der Waals surface area (Å²) in [6, 6.07) is -0.725. The van der Waals surface area contributed by atoms with Crippen molar-refractivity contribution >= 4 is 23.7 Å². The number of carboxylic acids is 1. The Hall–Kier alpha value is -2.26. The van der Waals surface area contributed by atoms with Gasteiger partial charge in [-0.1, -0.05) is 47.0 Å². The van der Waals surface area contributed by atoms with Crippen molar-refractivity contribution in [1.29, 1.82) is 0 Å². The van der Waals surface area contributed by atoms with Crippen LogP contribution < -0.4 is 5.32 Å². The number of carbonyl (C=O) groups excluding carboxylic acids is 3. The molecular weight excluding hydrogens is 438 g/mol. The lowest BCUT2D eigenvalue weighted by atomic mass is 9.90. The molecule has 9 nitrogen and oxygen atoms in total. The first-order chi connectivity index (χ1) is 16.0. The maximum atomic E-state index is 13.4. The minimum Gasteiger partial charge on any atom is -0.481 e. The number of hydrogen-bond donors (Lipinski definition) is 2. The van der Waals surface area contributed by atoms with Crippen LogP contribution >= 0.6 is 0 Å². The first-order valence-electron chi connectivity index (χ1n) is 12.3. The van der Waals surface area contributed by atoms with Gasteiger partial charge < -0.3 is 20.1 Å². The molecule has 1 aliphatic rings. The number of unbranched alkanes of at least 4 members (excludes halogenated alkanes) is 3. The third-order valence-electron chi connectivity index (χ3n) is 6.59. The van der Waals surface area contributed by atoms with Crippen molar-refractivity contribution < 1.29 is 29.0 Å². The molecule has 0 aromatic rings. The number of imide groups is 1. The van der Waals surface area contributed by atoms with Gasteiger partial charge in [0.1, 0.15) is 0 Å². The lowest BCUT2D eigenvalue weighted by Crippen LogP contribution is -2.56. The second-order valence-corrected chi connectivity index (χ2v) is 9.45. The van der Waals surface area contributed by atoms with Crippen LogP contribution in [0.2, 0.25) is 0 Å². The van der Waals surface area contributed by atoms with Crippen molar-refractivity contribution in [3.8, 4) is 0 Å². The molecule has 34 heavy (non-hydrogen) atoms. The predicted octanol–water partition coefficient (Wildman–Crippen LogP) is 2.45. The summed E-state index contributed by atoms with van der Waals surface area (Å²) in [7, 11) is 3.23. The highest BCUT2D eigenvalue weighted by molar-refractivity contribution is 6.12. The number of carboxylic acid groups (broad SMARTS) is 1. The average Bonchev–Trinajstić information content (AvgIpc) is 3.10. The molecule has 0 aromatic carbocycles. The second kappa shape index (κ2) is 14.9. The fourth-order valence-corrected chi connectivity index (χ4v) is 4.39. The quantitative estimate of drug-likeness (QED) is 0.242. The number of nitrogens with one attached hydrogen (secondary N) is 1. The molecule has 1 rings (SSSR count). The van der Waals surface area contributed by atoms with Gasteiger partial charge in [0.25, 0.3) is 11.8 Å². The SMILES string of the molecule is CCC(C)C(C(CC(=O)O)OC)N(C)C(=O)C(NCCCCCCN1C(=O)C=CC1=O)C(C)C. The Balaban J connectivity index is 2.59. The van der Waals surface area contributed by atoms with Gasteiger partial charge in [-0.15, -0.1) is 0 Å². The largest absolute Gasteiger partial charge is 0.481 e. The Bertz CT molecular complexity index is 705. The molecule has 0 fully saturated rings. The summed E-state index contributed by atoms with van der Waals surface area (Å²) in [6.45, 7) is 9.12. The summed E-state index contributed by atoms with van der Waals surface area (Å²) < 4.78 is 5.50. The smallest absolute Gasteiger partial charge is 0.306 e. The van der Waals surface area contributed by atoms with E-state index in [1.54, 1.807) is 11.9 Å². The maximum Gasteiger partial charge on any atom is 0.306 e. The van der Waals surface area contributed by atoms with E-state index in [9.17, 15) is 24.3 Å². The molecule has 2 N–H and O–H groups in total. The third kappa shape index (κ3) is 8.83. The van der Waals surface area contributed by atoms with Crippen LogP contribution in [0.4, 0.5) is 0 Å². The van der Waals surface area contributed by atoms with E-state index in [-0.39, 0.29) is 48.1 Å². The van der Waals surface area contributed by atoms with Crippen molar-refractivity contribution in [2.24, 2.45) is 11.8 Å². The number of ether oxygens (including phenoxy) is 1. The summed E-state index contributed by atoms with van der Waals surface area (Å²) >= 11 is 0. The van der Waals surface area contributed by atoms with E-state index in [4.69, 9.17) is 4.74 Å². The predicted molar refractivity (Wildman–Crippen MR) is 130 cm³/mol. The monoisotopic (exact) mass is 481 g/mol. The minimum absolute atomic E-state index is 0.0627. The highest BCUT2D eigenvalue weighted by Crippen LogP contribution is 2.23. The van der Waals surface area contributed by atoms with Gasteiger partial charge in [0.15, 0.2) is 0 Å². The van der Waals surface area contributed by atoms with Gasteiger partial charge in [0, 0.05) is 32.9 Å². The number of amides is 3. The van der Waals surface area contributed by atoms with Crippen molar-refractivity contribution in [2.45, 2.75) is 84.4 Å². The number of nitrogens with zero attached hydrogens (tertiary/aromatic N) is 2. The molecule has 194 valence electrons. The summed E-state index contributed by atoms with van der Waals surface area (Å²) in [5, 5.41) is 12.7. The molecule has 4 unspecified atom stereocenters. The van der Waals surface area contributed by atoms with Gasteiger partial charge >= 0.3 is 5.97 Å². The Kier molecular flexibility index (Phi) is 13.0. The molecule has 0 saturated heterocycles. The van der Waals surface area contributed by atoms with Gasteiger partial charge in [-0.3, -0.25) is 24.1 Å². The molecule has 0 radical (unpaired) electrons.